The highest BCUT2D eigenvalue weighted by Gasteiger charge is 2.16. The SMILES string of the molecule is CN(C)CCCCOc1cc2ncnc(Nc3ccc(C(=O)c4cncs4)c(Cl)c3)c2cc1C=CC(=O)O. The molecule has 0 spiro atoms. The zero-order valence-corrected chi connectivity index (χ0v) is 22.4. The van der Waals surface area contributed by atoms with Crippen LogP contribution in [0.3, 0.4) is 0 Å². The highest BCUT2D eigenvalue weighted by molar-refractivity contribution is 7.12. The van der Waals surface area contributed by atoms with E-state index in [0.29, 0.717) is 55.8 Å². The predicted molar refractivity (Wildman–Crippen MR) is 150 cm³/mol. The number of nitrogens with zero attached hydrogens (tertiary/aromatic N) is 4. The smallest absolute Gasteiger partial charge is 0.328 e. The van der Waals surface area contributed by atoms with E-state index in [0.717, 1.165) is 25.5 Å². The Morgan fingerprint density at radius 2 is 2.03 bits per heavy atom. The number of aliphatic carboxylic acids is 1. The summed E-state index contributed by atoms with van der Waals surface area (Å²) < 4.78 is 6.00. The number of hydrogen-bond donors (Lipinski definition) is 2. The number of halogens is 1. The summed E-state index contributed by atoms with van der Waals surface area (Å²) in [6.07, 6.45) is 7.34. The highest BCUT2D eigenvalue weighted by Crippen LogP contribution is 2.32. The van der Waals surface area contributed by atoms with Crippen molar-refractivity contribution in [1.82, 2.24) is 19.9 Å². The zero-order chi connectivity index (χ0) is 27.1. The van der Waals surface area contributed by atoms with Crippen molar-refractivity contribution >= 4 is 63.2 Å². The Labute approximate surface area is 228 Å². The first-order valence-electron chi connectivity index (χ1n) is 11.8. The van der Waals surface area contributed by atoms with Gasteiger partial charge in [0.15, 0.2) is 0 Å². The van der Waals surface area contributed by atoms with Gasteiger partial charge in [-0.25, -0.2) is 14.8 Å². The van der Waals surface area contributed by atoms with Crippen molar-refractivity contribution < 1.29 is 19.4 Å². The van der Waals surface area contributed by atoms with Crippen LogP contribution in [0.1, 0.15) is 33.6 Å². The Balaban J connectivity index is 1.60. The summed E-state index contributed by atoms with van der Waals surface area (Å²) in [5.74, 6) is -0.221. The maximum Gasteiger partial charge on any atom is 0.328 e. The van der Waals surface area contributed by atoms with Gasteiger partial charge in [0.1, 0.15) is 17.9 Å². The highest BCUT2D eigenvalue weighted by atomic mass is 35.5. The van der Waals surface area contributed by atoms with Gasteiger partial charge in [-0.2, -0.15) is 0 Å². The standard InChI is InChI=1S/C27H26ClN5O4S/c1-33(2)9-3-4-10-37-23-13-22-20(11-17(23)5-8-25(34)35)27(31-15-30-22)32-18-6-7-19(21(28)12-18)26(36)24-14-29-16-38-24/h5-8,11-16H,3-4,9-10H2,1-2H3,(H,34,35)(H,30,31,32). The minimum absolute atomic E-state index is 0.194. The molecule has 0 amide bonds. The molecule has 0 aliphatic rings. The Morgan fingerprint density at radius 1 is 1.18 bits per heavy atom. The summed E-state index contributed by atoms with van der Waals surface area (Å²) in [6, 6.07) is 8.61. The lowest BCUT2D eigenvalue weighted by atomic mass is 10.1. The molecule has 4 aromatic rings. The molecule has 0 bridgehead atoms. The molecule has 0 aliphatic heterocycles. The molecule has 0 fully saturated rings. The number of anilines is 2. The number of benzene rings is 2. The van der Waals surface area contributed by atoms with Crippen LogP contribution in [0.4, 0.5) is 11.5 Å². The van der Waals surface area contributed by atoms with E-state index in [1.165, 1.54) is 29.9 Å². The summed E-state index contributed by atoms with van der Waals surface area (Å²) in [5.41, 5.74) is 3.82. The maximum absolute atomic E-state index is 12.7. The number of thiazole rings is 1. The molecule has 2 aromatic carbocycles. The van der Waals surface area contributed by atoms with Crippen LogP contribution in [-0.4, -0.2) is 64.0 Å². The number of aromatic nitrogens is 3. The molecule has 2 aromatic heterocycles. The van der Waals surface area contributed by atoms with Gasteiger partial charge in [-0.3, -0.25) is 9.78 Å². The number of fused-ring (bicyclic) bond motifs is 1. The van der Waals surface area contributed by atoms with Crippen molar-refractivity contribution in [1.29, 1.82) is 0 Å². The first-order chi connectivity index (χ1) is 18.3. The maximum atomic E-state index is 12.7. The third-order valence-corrected chi connectivity index (χ3v) is 6.65. The number of rotatable bonds is 12. The molecule has 2 heterocycles. The monoisotopic (exact) mass is 551 g/mol. The first kappa shape index (κ1) is 27.2. The van der Waals surface area contributed by atoms with E-state index in [2.05, 4.69) is 25.2 Å². The van der Waals surface area contributed by atoms with E-state index in [4.69, 9.17) is 21.4 Å². The number of ether oxygens (including phenoxy) is 1. The Morgan fingerprint density at radius 3 is 2.74 bits per heavy atom. The van der Waals surface area contributed by atoms with Crippen molar-refractivity contribution in [2.24, 2.45) is 0 Å². The lowest BCUT2D eigenvalue weighted by molar-refractivity contribution is -0.131. The van der Waals surface area contributed by atoms with Crippen molar-refractivity contribution in [3.05, 3.63) is 75.5 Å². The minimum Gasteiger partial charge on any atom is -0.493 e. The van der Waals surface area contributed by atoms with Gasteiger partial charge >= 0.3 is 5.97 Å². The van der Waals surface area contributed by atoms with E-state index in [-0.39, 0.29) is 5.78 Å². The van der Waals surface area contributed by atoms with Crippen LogP contribution in [0.25, 0.3) is 17.0 Å². The number of carboxylic acids is 1. The Bertz CT molecular complexity index is 1470. The fourth-order valence-corrected chi connectivity index (χ4v) is 4.54. The van der Waals surface area contributed by atoms with E-state index in [9.17, 15) is 9.59 Å². The molecule has 11 heteroatoms. The number of nitrogens with one attached hydrogen (secondary N) is 1. The number of carbonyl (C=O) groups excluding carboxylic acids is 1. The van der Waals surface area contributed by atoms with Gasteiger partial charge in [0.05, 0.1) is 27.5 Å². The van der Waals surface area contributed by atoms with Crippen LogP contribution in [0, 0.1) is 0 Å². The second-order valence-corrected chi connectivity index (χ2v) is 9.97. The Hall–Kier alpha value is -3.86. The molecule has 0 aliphatic carbocycles. The number of carboxylic acid groups (broad SMARTS) is 1. The molecule has 2 N–H and O–H groups in total. The quantitative estimate of drug-likeness (QED) is 0.133. The molecular weight excluding hydrogens is 526 g/mol. The van der Waals surface area contributed by atoms with E-state index in [1.807, 2.05) is 14.1 Å². The third kappa shape index (κ3) is 6.91. The second-order valence-electron chi connectivity index (χ2n) is 8.67. The van der Waals surface area contributed by atoms with Crippen molar-refractivity contribution in [3.8, 4) is 5.75 Å². The number of carbonyl (C=O) groups is 2. The van der Waals surface area contributed by atoms with Crippen LogP contribution >= 0.6 is 22.9 Å². The molecule has 9 nitrogen and oxygen atoms in total. The van der Waals surface area contributed by atoms with Gasteiger partial charge in [0.2, 0.25) is 5.78 Å². The summed E-state index contributed by atoms with van der Waals surface area (Å²) in [5, 5.41) is 13.4. The second kappa shape index (κ2) is 12.6. The Kier molecular flexibility index (Phi) is 9.01. The predicted octanol–water partition coefficient (Wildman–Crippen LogP) is 5.53. The number of ketones is 1. The molecule has 0 saturated carbocycles. The molecular formula is C27H26ClN5O4S. The molecule has 0 saturated heterocycles. The van der Waals surface area contributed by atoms with Gasteiger partial charge in [-0.05, 0) is 63.8 Å². The van der Waals surface area contributed by atoms with E-state index in [1.54, 1.807) is 35.8 Å². The van der Waals surface area contributed by atoms with E-state index >= 15 is 0 Å². The fourth-order valence-electron chi connectivity index (χ4n) is 3.70. The summed E-state index contributed by atoms with van der Waals surface area (Å²) in [7, 11) is 4.05. The van der Waals surface area contributed by atoms with Gasteiger partial charge < -0.3 is 20.1 Å². The summed E-state index contributed by atoms with van der Waals surface area (Å²) in [4.78, 5) is 39.2. The van der Waals surface area contributed by atoms with Crippen LogP contribution < -0.4 is 10.1 Å². The topological polar surface area (TPSA) is 118 Å². The van der Waals surface area contributed by atoms with Crippen LogP contribution in [0.15, 0.2) is 54.4 Å². The fraction of sp³-hybridized carbons (Fsp3) is 0.222. The molecule has 0 radical (unpaired) electrons. The van der Waals surface area contributed by atoms with E-state index < -0.39 is 5.97 Å². The lowest BCUT2D eigenvalue weighted by Gasteiger charge is -2.14. The van der Waals surface area contributed by atoms with Crippen molar-refractivity contribution in [2.45, 2.75) is 12.8 Å². The van der Waals surface area contributed by atoms with Gasteiger partial charge in [-0.1, -0.05) is 11.6 Å². The zero-order valence-electron chi connectivity index (χ0n) is 20.8. The first-order valence-corrected chi connectivity index (χ1v) is 13.0. The van der Waals surface area contributed by atoms with Crippen molar-refractivity contribution in [2.75, 3.05) is 32.6 Å². The third-order valence-electron chi connectivity index (χ3n) is 5.56. The number of hydrogen-bond acceptors (Lipinski definition) is 9. The van der Waals surface area contributed by atoms with Gasteiger partial charge in [-0.15, -0.1) is 11.3 Å². The number of unbranched alkanes of at least 4 members (excludes halogenated alkanes) is 1. The van der Waals surface area contributed by atoms with Crippen LogP contribution in [0.5, 0.6) is 5.75 Å². The molecule has 38 heavy (non-hydrogen) atoms. The molecule has 4 rings (SSSR count). The van der Waals surface area contributed by atoms with Crippen LogP contribution in [-0.2, 0) is 4.79 Å². The minimum atomic E-state index is -1.06. The average Bonchev–Trinajstić information content (AvgIpc) is 3.42. The molecule has 0 atom stereocenters. The largest absolute Gasteiger partial charge is 0.493 e. The van der Waals surface area contributed by atoms with Gasteiger partial charge in [0.25, 0.3) is 0 Å². The summed E-state index contributed by atoms with van der Waals surface area (Å²) >= 11 is 7.69. The van der Waals surface area contributed by atoms with Crippen molar-refractivity contribution in [3.63, 3.8) is 0 Å². The molecule has 0 unspecified atom stereocenters. The van der Waals surface area contributed by atoms with Gasteiger partial charge in [0, 0.05) is 40.5 Å². The normalized spacial score (nSPS) is 11.4. The average molecular weight is 552 g/mol. The van der Waals surface area contributed by atoms with Crippen LogP contribution in [0.2, 0.25) is 5.02 Å². The molecule has 196 valence electrons. The lowest BCUT2D eigenvalue weighted by Crippen LogP contribution is -2.13. The summed E-state index contributed by atoms with van der Waals surface area (Å²) in [6.45, 7) is 1.45.